The third kappa shape index (κ3) is 2.86. The molecular weight excluding hydrogens is 213 g/mol. The fourth-order valence-electron chi connectivity index (χ4n) is 2.92. The lowest BCUT2D eigenvalue weighted by Crippen LogP contribution is -2.55. The Morgan fingerprint density at radius 2 is 2.06 bits per heavy atom. The van der Waals surface area contributed by atoms with E-state index >= 15 is 0 Å². The molecular formula is C15H22FN. The van der Waals surface area contributed by atoms with E-state index in [4.69, 9.17) is 0 Å². The number of nitrogens with one attached hydrogen (secondary N) is 1. The molecule has 1 nitrogen and oxygen atoms in total. The predicted molar refractivity (Wildman–Crippen MR) is 69.6 cm³/mol. The summed E-state index contributed by atoms with van der Waals surface area (Å²) in [5, 5.41) is 3.37. The summed E-state index contributed by atoms with van der Waals surface area (Å²) >= 11 is 0. The normalized spacial score (nSPS) is 18.2. The van der Waals surface area contributed by atoms with Crippen LogP contribution in [-0.4, -0.2) is 13.1 Å². The van der Waals surface area contributed by atoms with E-state index in [2.05, 4.69) is 26.1 Å². The summed E-state index contributed by atoms with van der Waals surface area (Å²) in [6.07, 6.45) is 2.22. The Morgan fingerprint density at radius 1 is 1.35 bits per heavy atom. The standard InChI is InChI=1S/C15H22FN/c1-11(2)7-15(9-17-10-15)8-13-6-14(16)5-4-12(13)3/h4-6,11,17H,7-10H2,1-3H3. The van der Waals surface area contributed by atoms with Crippen LogP contribution in [0.1, 0.15) is 31.4 Å². The molecule has 0 bridgehead atoms. The minimum absolute atomic E-state index is 0.113. The molecule has 0 aliphatic carbocycles. The second-order valence-corrected chi connectivity index (χ2v) is 5.95. The van der Waals surface area contributed by atoms with Crippen LogP contribution >= 0.6 is 0 Å². The lowest BCUT2D eigenvalue weighted by molar-refractivity contribution is 0.131. The lowest BCUT2D eigenvalue weighted by atomic mass is 9.70. The average molecular weight is 235 g/mol. The summed E-state index contributed by atoms with van der Waals surface area (Å²) in [5.74, 6) is 0.587. The smallest absolute Gasteiger partial charge is 0.123 e. The van der Waals surface area contributed by atoms with Crippen molar-refractivity contribution in [3.8, 4) is 0 Å². The second kappa shape index (κ2) is 4.77. The van der Waals surface area contributed by atoms with Crippen molar-refractivity contribution in [1.82, 2.24) is 5.32 Å². The monoisotopic (exact) mass is 235 g/mol. The molecule has 0 spiro atoms. The number of hydrogen-bond donors (Lipinski definition) is 1. The zero-order chi connectivity index (χ0) is 12.5. The Bertz CT molecular complexity index is 394. The van der Waals surface area contributed by atoms with Crippen molar-refractivity contribution < 1.29 is 4.39 Å². The topological polar surface area (TPSA) is 12.0 Å². The van der Waals surface area contributed by atoms with Crippen molar-refractivity contribution in [1.29, 1.82) is 0 Å². The van der Waals surface area contributed by atoms with Crippen LogP contribution in [0.5, 0.6) is 0 Å². The summed E-state index contributed by atoms with van der Waals surface area (Å²) in [6.45, 7) is 8.74. The highest BCUT2D eigenvalue weighted by molar-refractivity contribution is 5.28. The van der Waals surface area contributed by atoms with E-state index in [-0.39, 0.29) is 5.82 Å². The molecule has 1 aromatic rings. The molecule has 1 aliphatic rings. The fourth-order valence-corrected chi connectivity index (χ4v) is 2.92. The molecule has 0 unspecified atom stereocenters. The summed E-state index contributed by atoms with van der Waals surface area (Å²) in [5.41, 5.74) is 2.74. The first-order valence-electron chi connectivity index (χ1n) is 6.46. The number of halogens is 1. The highest BCUT2D eigenvalue weighted by Gasteiger charge is 2.37. The average Bonchev–Trinajstić information content (AvgIpc) is 2.19. The molecule has 1 aromatic carbocycles. The SMILES string of the molecule is Cc1ccc(F)cc1CC1(CC(C)C)CNC1. The number of hydrogen-bond acceptors (Lipinski definition) is 1. The van der Waals surface area contributed by atoms with Crippen LogP contribution in [0.4, 0.5) is 4.39 Å². The highest BCUT2D eigenvalue weighted by Crippen LogP contribution is 2.35. The first kappa shape index (κ1) is 12.6. The van der Waals surface area contributed by atoms with E-state index in [0.717, 1.165) is 19.5 Å². The Kier molecular flexibility index (Phi) is 3.53. The van der Waals surface area contributed by atoms with Gasteiger partial charge in [-0.1, -0.05) is 19.9 Å². The molecule has 94 valence electrons. The quantitative estimate of drug-likeness (QED) is 0.844. The van der Waals surface area contributed by atoms with Gasteiger partial charge in [-0.05, 0) is 54.4 Å². The summed E-state index contributed by atoms with van der Waals surface area (Å²) in [7, 11) is 0. The van der Waals surface area contributed by atoms with Crippen molar-refractivity contribution >= 4 is 0 Å². The van der Waals surface area contributed by atoms with Gasteiger partial charge in [-0.25, -0.2) is 4.39 Å². The minimum Gasteiger partial charge on any atom is -0.316 e. The number of rotatable bonds is 4. The van der Waals surface area contributed by atoms with Crippen LogP contribution in [0.2, 0.25) is 0 Å². The van der Waals surface area contributed by atoms with Crippen LogP contribution in [0.25, 0.3) is 0 Å². The van der Waals surface area contributed by atoms with Gasteiger partial charge in [0.2, 0.25) is 0 Å². The van der Waals surface area contributed by atoms with E-state index in [1.807, 2.05) is 6.07 Å². The van der Waals surface area contributed by atoms with Gasteiger partial charge in [0, 0.05) is 13.1 Å². The molecule has 1 N–H and O–H groups in total. The first-order chi connectivity index (χ1) is 8.01. The van der Waals surface area contributed by atoms with Gasteiger partial charge in [0.15, 0.2) is 0 Å². The van der Waals surface area contributed by atoms with Crippen molar-refractivity contribution in [2.75, 3.05) is 13.1 Å². The van der Waals surface area contributed by atoms with Gasteiger partial charge in [-0.3, -0.25) is 0 Å². The zero-order valence-electron chi connectivity index (χ0n) is 11.0. The third-order valence-electron chi connectivity index (χ3n) is 3.72. The van der Waals surface area contributed by atoms with Crippen LogP contribution in [0.3, 0.4) is 0 Å². The van der Waals surface area contributed by atoms with Gasteiger partial charge in [-0.2, -0.15) is 0 Å². The van der Waals surface area contributed by atoms with E-state index in [1.165, 1.54) is 17.5 Å². The van der Waals surface area contributed by atoms with E-state index in [9.17, 15) is 4.39 Å². The molecule has 0 amide bonds. The maximum Gasteiger partial charge on any atom is 0.123 e. The van der Waals surface area contributed by atoms with E-state index < -0.39 is 0 Å². The molecule has 0 radical (unpaired) electrons. The van der Waals surface area contributed by atoms with Crippen molar-refractivity contribution in [2.24, 2.45) is 11.3 Å². The summed E-state index contributed by atoms with van der Waals surface area (Å²) < 4.78 is 13.3. The first-order valence-corrected chi connectivity index (χ1v) is 6.46. The molecule has 0 aromatic heterocycles. The maximum atomic E-state index is 13.3. The molecule has 0 atom stereocenters. The summed E-state index contributed by atoms with van der Waals surface area (Å²) in [4.78, 5) is 0. The zero-order valence-corrected chi connectivity index (χ0v) is 11.0. The van der Waals surface area contributed by atoms with E-state index in [1.54, 1.807) is 12.1 Å². The molecule has 2 rings (SSSR count). The maximum absolute atomic E-state index is 13.3. The molecule has 1 aliphatic heterocycles. The van der Waals surface area contributed by atoms with Crippen molar-refractivity contribution in [2.45, 2.75) is 33.6 Å². The minimum atomic E-state index is -0.113. The molecule has 1 heterocycles. The summed E-state index contributed by atoms with van der Waals surface area (Å²) in [6, 6.07) is 5.14. The second-order valence-electron chi connectivity index (χ2n) is 5.95. The third-order valence-corrected chi connectivity index (χ3v) is 3.72. The molecule has 1 fully saturated rings. The predicted octanol–water partition coefficient (Wildman–Crippen LogP) is 3.31. The van der Waals surface area contributed by atoms with Gasteiger partial charge in [0.25, 0.3) is 0 Å². The Morgan fingerprint density at radius 3 is 2.59 bits per heavy atom. The van der Waals surface area contributed by atoms with Crippen molar-refractivity contribution in [3.63, 3.8) is 0 Å². The van der Waals surface area contributed by atoms with Gasteiger partial charge >= 0.3 is 0 Å². The Balaban J connectivity index is 2.15. The van der Waals surface area contributed by atoms with Crippen LogP contribution in [0, 0.1) is 24.1 Å². The Labute approximate surface area is 103 Å². The molecule has 0 saturated carbocycles. The Hall–Kier alpha value is -0.890. The molecule has 1 saturated heterocycles. The van der Waals surface area contributed by atoms with Gasteiger partial charge in [0.05, 0.1) is 0 Å². The van der Waals surface area contributed by atoms with Gasteiger partial charge in [-0.15, -0.1) is 0 Å². The van der Waals surface area contributed by atoms with Crippen LogP contribution in [-0.2, 0) is 6.42 Å². The lowest BCUT2D eigenvalue weighted by Gasteiger charge is -2.44. The van der Waals surface area contributed by atoms with Gasteiger partial charge < -0.3 is 5.32 Å². The van der Waals surface area contributed by atoms with Crippen LogP contribution in [0.15, 0.2) is 18.2 Å². The number of aryl methyl sites for hydroxylation is 1. The van der Waals surface area contributed by atoms with Crippen LogP contribution < -0.4 is 5.32 Å². The molecule has 17 heavy (non-hydrogen) atoms. The van der Waals surface area contributed by atoms with Crippen molar-refractivity contribution in [3.05, 3.63) is 35.1 Å². The fraction of sp³-hybridized carbons (Fsp3) is 0.600. The number of benzene rings is 1. The van der Waals surface area contributed by atoms with Gasteiger partial charge in [0.1, 0.15) is 5.82 Å². The molecule has 2 heteroatoms. The largest absolute Gasteiger partial charge is 0.316 e. The highest BCUT2D eigenvalue weighted by atomic mass is 19.1. The van der Waals surface area contributed by atoms with E-state index in [0.29, 0.717) is 11.3 Å².